The third-order valence-corrected chi connectivity index (χ3v) is 0. The van der Waals surface area contributed by atoms with Gasteiger partial charge in [0.05, 0.1) is 0 Å². The average molecular weight is 297 g/mol. The Morgan fingerprint density at radius 2 is 1.00 bits per heavy atom. The number of hydrogen-bond acceptors (Lipinski definition) is 0. The van der Waals surface area contributed by atoms with Crippen LogP contribution in [0.3, 0.4) is 0 Å². The molecule has 0 atom stereocenters. The average Bonchev–Trinajstić information content (AvgIpc) is 0. The molecule has 0 rings (SSSR count). The van der Waals surface area contributed by atoms with Gasteiger partial charge in [0, 0.05) is 68.2 Å². The van der Waals surface area contributed by atoms with Gasteiger partial charge in [-0.25, -0.2) is 0 Å². The maximum absolute atomic E-state index is 0. The summed E-state index contributed by atoms with van der Waals surface area (Å²) < 4.78 is 0. The predicted molar refractivity (Wildman–Crippen MR) is 15.1 cm³/mol. The summed E-state index contributed by atoms with van der Waals surface area (Å²) >= 11 is 0. The molecule has 0 fully saturated rings. The Morgan fingerprint density at radius 3 is 1.00 bits per heavy atom. The molecule has 0 aromatic heterocycles. The molecule has 0 unspecified atom stereocenters. The molecule has 5 radical (unpaired) electrons. The molecule has 0 saturated heterocycles. The summed E-state index contributed by atoms with van der Waals surface area (Å²) in [6, 6.07) is 0. The standard InChI is InChI=1S/Ge.Na.H2O.W/h;;1H2;. The summed E-state index contributed by atoms with van der Waals surface area (Å²) in [6.07, 6.45) is 0. The van der Waals surface area contributed by atoms with E-state index < -0.39 is 0 Å². The third-order valence-electron chi connectivity index (χ3n) is 0. The van der Waals surface area contributed by atoms with Crippen molar-refractivity contribution in [1.29, 1.82) is 0 Å². The molecule has 0 bridgehead atoms. The minimum atomic E-state index is 0. The van der Waals surface area contributed by atoms with Crippen molar-refractivity contribution in [2.24, 2.45) is 0 Å². The van der Waals surface area contributed by atoms with Crippen LogP contribution in [0.5, 0.6) is 0 Å². The van der Waals surface area contributed by atoms with Crippen LogP contribution in [0.1, 0.15) is 0 Å². The van der Waals surface area contributed by atoms with E-state index in [4.69, 9.17) is 0 Å². The topological polar surface area (TPSA) is 31.5 Å². The monoisotopic (exact) mass is 299 g/mol. The Bertz CT molecular complexity index is 8.00. The Hall–Kier alpha value is 2.19. The molecule has 2 N–H and O–H groups in total. The molecule has 19 valence electrons. The van der Waals surface area contributed by atoms with Gasteiger partial charge in [-0.1, -0.05) is 0 Å². The first kappa shape index (κ1) is 34.7. The molecule has 4 heavy (non-hydrogen) atoms. The van der Waals surface area contributed by atoms with Crippen LogP contribution in [0, 0.1) is 0 Å². The van der Waals surface area contributed by atoms with E-state index >= 15 is 0 Å². The van der Waals surface area contributed by atoms with Gasteiger partial charge in [-0.2, -0.15) is 0 Å². The van der Waals surface area contributed by atoms with Crippen LogP contribution < -0.4 is 0 Å². The Kier molecular flexibility index (Phi) is 165. The smallest absolute Gasteiger partial charge is 0 e. The number of rotatable bonds is 0. The minimum absolute atomic E-state index is 0. The molecule has 0 aliphatic heterocycles. The molecule has 0 spiro atoms. The Balaban J connectivity index is 0. The summed E-state index contributed by atoms with van der Waals surface area (Å²) in [5, 5.41) is 0. The fourth-order valence-electron chi connectivity index (χ4n) is 0. The van der Waals surface area contributed by atoms with Gasteiger partial charge < -0.3 is 5.48 Å². The fourth-order valence-corrected chi connectivity index (χ4v) is 0. The van der Waals surface area contributed by atoms with Crippen LogP contribution in [0.2, 0.25) is 0 Å². The van der Waals surface area contributed by atoms with Gasteiger partial charge in [0.25, 0.3) is 0 Å². The van der Waals surface area contributed by atoms with Crippen LogP contribution in [-0.2, 0) is 21.1 Å². The van der Waals surface area contributed by atoms with Gasteiger partial charge in [-0.05, 0) is 0 Å². The predicted octanol–water partition coefficient (Wildman–Crippen LogP) is -1.59. The molecule has 1 nitrogen and oxygen atoms in total. The van der Waals surface area contributed by atoms with Crippen LogP contribution in [0.25, 0.3) is 0 Å². The summed E-state index contributed by atoms with van der Waals surface area (Å²) in [7, 11) is 0. The van der Waals surface area contributed by atoms with Crippen molar-refractivity contribution in [1.82, 2.24) is 0 Å². The maximum atomic E-state index is 0. The first-order valence-corrected chi connectivity index (χ1v) is 0. The first-order chi connectivity index (χ1) is 0. The van der Waals surface area contributed by atoms with E-state index in [2.05, 4.69) is 0 Å². The van der Waals surface area contributed by atoms with Crippen molar-refractivity contribution >= 4 is 47.2 Å². The summed E-state index contributed by atoms with van der Waals surface area (Å²) in [6.45, 7) is 0. The minimum Gasteiger partial charge on any atom is -0.412 e. The van der Waals surface area contributed by atoms with Gasteiger partial charge >= 0.3 is 0 Å². The van der Waals surface area contributed by atoms with Gasteiger partial charge in [-0.15, -0.1) is 0 Å². The summed E-state index contributed by atoms with van der Waals surface area (Å²) in [5.74, 6) is 0. The van der Waals surface area contributed by atoms with Gasteiger partial charge in [0.2, 0.25) is 0 Å². The first-order valence-electron chi connectivity index (χ1n) is 0. The SMILES string of the molecule is O.[Ge].[Na].[W]. The Morgan fingerprint density at radius 1 is 1.00 bits per heavy atom. The van der Waals surface area contributed by atoms with Crippen LogP contribution in [0.4, 0.5) is 0 Å². The zero-order chi connectivity index (χ0) is 0. The van der Waals surface area contributed by atoms with Crippen molar-refractivity contribution in [2.45, 2.75) is 0 Å². The van der Waals surface area contributed by atoms with Crippen molar-refractivity contribution in [3.05, 3.63) is 0 Å². The molecule has 0 heterocycles. The fraction of sp³-hybridized carbons (Fsp3) is 0. The molecule has 0 aliphatic rings. The Labute approximate surface area is 72.7 Å². The molecular weight excluding hydrogens is 295 g/mol. The zero-order valence-electron chi connectivity index (χ0n) is 2.41. The van der Waals surface area contributed by atoms with Gasteiger partial charge in [0.15, 0.2) is 0 Å². The van der Waals surface area contributed by atoms with Crippen molar-refractivity contribution in [2.75, 3.05) is 0 Å². The number of hydrogen-bond donors (Lipinski definition) is 0. The van der Waals surface area contributed by atoms with Crippen molar-refractivity contribution in [3.63, 3.8) is 0 Å². The molecule has 4 heteroatoms. The van der Waals surface area contributed by atoms with E-state index in [1.807, 2.05) is 0 Å². The normalized spacial score (nSPS) is 0. The zero-order valence-corrected chi connectivity index (χ0v) is 9.44. The second-order valence-corrected chi connectivity index (χ2v) is 0. The quantitative estimate of drug-likeness (QED) is 0.483. The van der Waals surface area contributed by atoms with Gasteiger partial charge in [0.1, 0.15) is 0 Å². The largest absolute Gasteiger partial charge is 0.412 e. The van der Waals surface area contributed by atoms with E-state index in [1.54, 1.807) is 0 Å². The van der Waals surface area contributed by atoms with Crippen LogP contribution in [0.15, 0.2) is 0 Å². The second kappa shape index (κ2) is 19.0. The summed E-state index contributed by atoms with van der Waals surface area (Å²) in [4.78, 5) is 0. The van der Waals surface area contributed by atoms with E-state index in [-0.39, 0.29) is 73.7 Å². The van der Waals surface area contributed by atoms with Crippen LogP contribution in [-0.4, -0.2) is 52.6 Å². The van der Waals surface area contributed by atoms with Crippen molar-refractivity contribution in [3.8, 4) is 0 Å². The van der Waals surface area contributed by atoms with E-state index in [1.165, 1.54) is 0 Å². The molecule has 0 amide bonds. The molecule has 0 aromatic carbocycles. The van der Waals surface area contributed by atoms with Crippen LogP contribution >= 0.6 is 0 Å². The third kappa shape index (κ3) is 8.89. The summed E-state index contributed by atoms with van der Waals surface area (Å²) in [5.41, 5.74) is 0. The van der Waals surface area contributed by atoms with E-state index in [0.29, 0.717) is 0 Å². The molecule has 0 saturated carbocycles. The van der Waals surface area contributed by atoms with E-state index in [0.717, 1.165) is 0 Å². The second-order valence-electron chi connectivity index (χ2n) is 0. The maximum Gasteiger partial charge on any atom is 0 e. The molecule has 0 aliphatic carbocycles. The van der Waals surface area contributed by atoms with E-state index in [9.17, 15) is 0 Å². The van der Waals surface area contributed by atoms with Crippen molar-refractivity contribution < 1.29 is 26.5 Å². The molecule has 0 aromatic rings. The van der Waals surface area contributed by atoms with Gasteiger partial charge in [-0.3, -0.25) is 0 Å². The molecular formula is H2GeNaOW.